The van der Waals surface area contributed by atoms with Gasteiger partial charge in [-0.05, 0) is 50.5 Å². The molecule has 2 aromatic carbocycles. The number of ether oxygens (including phenoxy) is 2. The van der Waals surface area contributed by atoms with Gasteiger partial charge < -0.3 is 14.8 Å². The lowest BCUT2D eigenvalue weighted by Gasteiger charge is -2.21. The van der Waals surface area contributed by atoms with Crippen molar-refractivity contribution >= 4 is 5.91 Å². The third kappa shape index (κ3) is 5.80. The molecule has 0 fully saturated rings. The maximum Gasteiger partial charge on any atom is 0.261 e. The fourth-order valence-corrected chi connectivity index (χ4v) is 2.57. The first kappa shape index (κ1) is 19.8. The van der Waals surface area contributed by atoms with Gasteiger partial charge in [0, 0.05) is 0 Å². The Labute approximate surface area is 156 Å². The van der Waals surface area contributed by atoms with Crippen LogP contribution in [-0.4, -0.2) is 24.7 Å². The number of para-hydroxylation sites is 1. The second-order valence-electron chi connectivity index (χ2n) is 6.99. The van der Waals surface area contributed by atoms with Gasteiger partial charge in [-0.3, -0.25) is 4.79 Å². The maximum absolute atomic E-state index is 12.4. The van der Waals surface area contributed by atoms with Crippen LogP contribution in [0.4, 0.5) is 0 Å². The van der Waals surface area contributed by atoms with Gasteiger partial charge in [0.05, 0.1) is 6.04 Å². The van der Waals surface area contributed by atoms with Gasteiger partial charge in [-0.15, -0.1) is 0 Å². The molecule has 0 unspecified atom stereocenters. The Kier molecular flexibility index (Phi) is 7.07. The van der Waals surface area contributed by atoms with Gasteiger partial charge in [0.1, 0.15) is 18.1 Å². The van der Waals surface area contributed by atoms with Gasteiger partial charge in [0.15, 0.2) is 6.10 Å². The van der Waals surface area contributed by atoms with Crippen molar-refractivity contribution in [1.29, 1.82) is 0 Å². The maximum atomic E-state index is 12.4. The molecule has 1 N–H and O–H groups in total. The summed E-state index contributed by atoms with van der Waals surface area (Å²) in [6, 6.07) is 15.6. The van der Waals surface area contributed by atoms with Crippen LogP contribution in [0.2, 0.25) is 0 Å². The third-order valence-corrected chi connectivity index (χ3v) is 4.12. The van der Waals surface area contributed by atoms with E-state index in [1.54, 1.807) is 6.92 Å². The molecule has 2 atom stereocenters. The Hall–Kier alpha value is -2.49. The van der Waals surface area contributed by atoms with E-state index in [0.717, 1.165) is 17.1 Å². The van der Waals surface area contributed by atoms with Crippen molar-refractivity contribution in [1.82, 2.24) is 5.32 Å². The zero-order valence-corrected chi connectivity index (χ0v) is 16.3. The highest BCUT2D eigenvalue weighted by Crippen LogP contribution is 2.26. The molecule has 0 bridgehead atoms. The van der Waals surface area contributed by atoms with Crippen molar-refractivity contribution < 1.29 is 14.3 Å². The normalized spacial score (nSPS) is 13.2. The lowest BCUT2D eigenvalue weighted by molar-refractivity contribution is -0.128. The topological polar surface area (TPSA) is 47.6 Å². The first-order valence-corrected chi connectivity index (χ1v) is 9.12. The van der Waals surface area contributed by atoms with E-state index >= 15 is 0 Å². The van der Waals surface area contributed by atoms with Crippen LogP contribution >= 0.6 is 0 Å². The molecule has 2 rings (SSSR count). The lowest BCUT2D eigenvalue weighted by atomic mass is 10.0. The number of rotatable bonds is 8. The molecule has 0 radical (unpaired) electrons. The van der Waals surface area contributed by atoms with Crippen molar-refractivity contribution in [2.24, 2.45) is 0 Å². The fourth-order valence-electron chi connectivity index (χ4n) is 2.57. The fraction of sp³-hybridized carbons (Fsp3) is 0.409. The number of amides is 1. The molecule has 0 saturated carbocycles. The van der Waals surface area contributed by atoms with Crippen LogP contribution in [0.15, 0.2) is 48.5 Å². The van der Waals surface area contributed by atoms with Gasteiger partial charge in [-0.2, -0.15) is 0 Å². The zero-order valence-electron chi connectivity index (χ0n) is 16.3. The highest BCUT2D eigenvalue weighted by molar-refractivity contribution is 5.81. The van der Waals surface area contributed by atoms with Gasteiger partial charge in [-0.1, -0.05) is 49.7 Å². The highest BCUT2D eigenvalue weighted by Gasteiger charge is 2.19. The molecule has 0 aliphatic rings. The summed E-state index contributed by atoms with van der Waals surface area (Å²) in [5.41, 5.74) is 2.29. The van der Waals surface area contributed by atoms with E-state index in [4.69, 9.17) is 9.47 Å². The summed E-state index contributed by atoms with van der Waals surface area (Å²) in [7, 11) is 0. The van der Waals surface area contributed by atoms with Crippen molar-refractivity contribution in [3.8, 4) is 11.5 Å². The van der Waals surface area contributed by atoms with E-state index in [9.17, 15) is 4.79 Å². The SMILES string of the molecule is Cc1ccc(OC[C@H](C)NC(=O)[C@H](C)Oc2ccccc2C(C)C)cc1. The van der Waals surface area contributed by atoms with Crippen LogP contribution in [0.25, 0.3) is 0 Å². The van der Waals surface area contributed by atoms with E-state index in [2.05, 4.69) is 19.2 Å². The molecule has 0 saturated heterocycles. The number of hydrogen-bond donors (Lipinski definition) is 1. The van der Waals surface area contributed by atoms with Crippen LogP contribution in [-0.2, 0) is 4.79 Å². The summed E-state index contributed by atoms with van der Waals surface area (Å²) in [5, 5.41) is 2.94. The van der Waals surface area contributed by atoms with Crippen molar-refractivity contribution in [3.05, 3.63) is 59.7 Å². The molecule has 0 aliphatic heterocycles. The van der Waals surface area contributed by atoms with Crippen LogP contribution in [0.1, 0.15) is 44.7 Å². The molecular weight excluding hydrogens is 326 g/mol. The number of hydrogen-bond acceptors (Lipinski definition) is 3. The van der Waals surface area contributed by atoms with E-state index in [1.165, 1.54) is 5.56 Å². The molecule has 0 aromatic heterocycles. The number of nitrogens with one attached hydrogen (secondary N) is 1. The first-order valence-electron chi connectivity index (χ1n) is 9.12. The average molecular weight is 355 g/mol. The zero-order chi connectivity index (χ0) is 19.1. The largest absolute Gasteiger partial charge is 0.491 e. The third-order valence-electron chi connectivity index (χ3n) is 4.12. The molecule has 0 spiro atoms. The summed E-state index contributed by atoms with van der Waals surface area (Å²) in [4.78, 5) is 12.4. The first-order chi connectivity index (χ1) is 12.4. The van der Waals surface area contributed by atoms with Crippen LogP contribution in [0, 0.1) is 6.92 Å². The smallest absolute Gasteiger partial charge is 0.261 e. The second kappa shape index (κ2) is 9.27. The molecule has 140 valence electrons. The second-order valence-corrected chi connectivity index (χ2v) is 6.99. The van der Waals surface area contributed by atoms with Crippen molar-refractivity contribution in [3.63, 3.8) is 0 Å². The van der Waals surface area contributed by atoms with Gasteiger partial charge in [0.25, 0.3) is 5.91 Å². The minimum atomic E-state index is -0.572. The van der Waals surface area contributed by atoms with Gasteiger partial charge >= 0.3 is 0 Å². The predicted molar refractivity (Wildman–Crippen MR) is 105 cm³/mol. The van der Waals surface area contributed by atoms with E-state index in [0.29, 0.717) is 12.5 Å². The van der Waals surface area contributed by atoms with Crippen LogP contribution in [0.3, 0.4) is 0 Å². The quantitative estimate of drug-likeness (QED) is 0.760. The Bertz CT molecular complexity index is 710. The minimum Gasteiger partial charge on any atom is -0.491 e. The Morgan fingerprint density at radius 3 is 2.31 bits per heavy atom. The molecule has 0 aliphatic carbocycles. The Morgan fingerprint density at radius 1 is 1.00 bits per heavy atom. The highest BCUT2D eigenvalue weighted by atomic mass is 16.5. The molecule has 4 heteroatoms. The van der Waals surface area contributed by atoms with Crippen LogP contribution < -0.4 is 14.8 Å². The summed E-state index contributed by atoms with van der Waals surface area (Å²) in [5.74, 6) is 1.74. The standard InChI is InChI=1S/C22H29NO3/c1-15(2)20-8-6-7-9-21(20)26-18(5)22(24)23-17(4)14-25-19-12-10-16(3)11-13-19/h6-13,15,17-18H,14H2,1-5H3,(H,23,24)/t17-,18-/m0/s1. The number of carbonyl (C=O) groups excluding carboxylic acids is 1. The van der Waals surface area contributed by atoms with E-state index in [-0.39, 0.29) is 11.9 Å². The van der Waals surface area contributed by atoms with Crippen LogP contribution in [0.5, 0.6) is 11.5 Å². The Balaban J connectivity index is 1.85. The predicted octanol–water partition coefficient (Wildman–Crippen LogP) is 4.47. The summed E-state index contributed by atoms with van der Waals surface area (Å²) >= 11 is 0. The molecule has 2 aromatic rings. The summed E-state index contributed by atoms with van der Waals surface area (Å²) in [6.45, 7) is 10.3. The molecular formula is C22H29NO3. The molecule has 1 amide bonds. The van der Waals surface area contributed by atoms with Crippen molar-refractivity contribution in [2.75, 3.05) is 6.61 Å². The van der Waals surface area contributed by atoms with E-state index in [1.807, 2.05) is 62.4 Å². The average Bonchev–Trinajstić information content (AvgIpc) is 2.61. The van der Waals surface area contributed by atoms with Gasteiger partial charge in [0.2, 0.25) is 0 Å². The monoisotopic (exact) mass is 355 g/mol. The number of aryl methyl sites for hydroxylation is 1. The summed E-state index contributed by atoms with van der Waals surface area (Å²) < 4.78 is 11.6. The molecule has 4 nitrogen and oxygen atoms in total. The van der Waals surface area contributed by atoms with E-state index < -0.39 is 6.10 Å². The van der Waals surface area contributed by atoms with Gasteiger partial charge in [-0.25, -0.2) is 0 Å². The number of benzene rings is 2. The minimum absolute atomic E-state index is 0.116. The Morgan fingerprint density at radius 2 is 1.65 bits per heavy atom. The summed E-state index contributed by atoms with van der Waals surface area (Å²) in [6.07, 6.45) is -0.572. The van der Waals surface area contributed by atoms with Crippen molar-refractivity contribution in [2.45, 2.75) is 52.7 Å². The molecule has 0 heterocycles. The number of carbonyl (C=O) groups is 1. The lowest BCUT2D eigenvalue weighted by Crippen LogP contribution is -2.43. The molecule has 26 heavy (non-hydrogen) atoms.